The molecule has 0 fully saturated rings. The molecule has 2 nitrogen and oxygen atoms in total. The fourth-order valence-corrected chi connectivity index (χ4v) is 2.13. The summed E-state index contributed by atoms with van der Waals surface area (Å²) in [4.78, 5) is 0. The maximum absolute atomic E-state index is 10.5. The van der Waals surface area contributed by atoms with Crippen molar-refractivity contribution < 1.29 is 9.84 Å². The first-order valence-corrected chi connectivity index (χ1v) is 6.25. The molecule has 0 bridgehead atoms. The van der Waals surface area contributed by atoms with Gasteiger partial charge in [0.15, 0.2) is 0 Å². The lowest BCUT2D eigenvalue weighted by molar-refractivity contribution is 0.162. The minimum atomic E-state index is -0.606. The molecule has 2 rings (SSSR count). The first-order chi connectivity index (χ1) is 9.26. The van der Waals surface area contributed by atoms with Gasteiger partial charge in [-0.05, 0) is 23.3 Å². The van der Waals surface area contributed by atoms with E-state index in [1.807, 2.05) is 54.6 Å². The lowest BCUT2D eigenvalue weighted by Crippen LogP contribution is -2.08. The second-order valence-electron chi connectivity index (χ2n) is 4.39. The van der Waals surface area contributed by atoms with Gasteiger partial charge in [0.05, 0.1) is 13.2 Å². The van der Waals surface area contributed by atoms with Gasteiger partial charge in [-0.2, -0.15) is 0 Å². The topological polar surface area (TPSA) is 29.5 Å². The largest absolute Gasteiger partial charge is 0.497 e. The molecule has 0 heterocycles. The summed E-state index contributed by atoms with van der Waals surface area (Å²) in [7, 11) is 1.63. The molecule has 0 aliphatic heterocycles. The monoisotopic (exact) mass is 254 g/mol. The smallest absolute Gasteiger partial charge is 0.118 e. The third kappa shape index (κ3) is 3.04. The number of methoxy groups -OCH3 is 1. The summed E-state index contributed by atoms with van der Waals surface area (Å²) in [6.45, 7) is 3.83. The van der Waals surface area contributed by atoms with E-state index in [9.17, 15) is 5.11 Å². The predicted octanol–water partition coefficient (Wildman–Crippen LogP) is 3.70. The van der Waals surface area contributed by atoms with Crippen LogP contribution in [0.4, 0.5) is 0 Å². The highest BCUT2D eigenvalue weighted by molar-refractivity contribution is 5.33. The molecule has 0 amide bonds. The highest BCUT2D eigenvalue weighted by Crippen LogP contribution is 2.32. The first-order valence-electron chi connectivity index (χ1n) is 6.25. The van der Waals surface area contributed by atoms with Crippen LogP contribution < -0.4 is 4.74 Å². The van der Waals surface area contributed by atoms with E-state index in [1.165, 1.54) is 0 Å². The number of ether oxygens (including phenoxy) is 1. The number of benzene rings is 2. The van der Waals surface area contributed by atoms with E-state index in [0.29, 0.717) is 0 Å². The van der Waals surface area contributed by atoms with E-state index >= 15 is 0 Å². The maximum atomic E-state index is 10.5. The zero-order chi connectivity index (χ0) is 13.7. The average molecular weight is 254 g/mol. The molecule has 0 spiro atoms. The standard InChI is InChI=1S/C17H18O2/c1-3-16(13-7-5-4-6-8-13)17(18)14-9-11-15(19-2)12-10-14/h3-12,16-18H,1H2,2H3/t16-,17-/m0/s1. The third-order valence-corrected chi connectivity index (χ3v) is 3.24. The van der Waals surface area contributed by atoms with Crippen molar-refractivity contribution in [2.45, 2.75) is 12.0 Å². The Labute approximate surface area is 114 Å². The van der Waals surface area contributed by atoms with Gasteiger partial charge in [-0.1, -0.05) is 48.5 Å². The highest BCUT2D eigenvalue weighted by atomic mass is 16.5. The van der Waals surface area contributed by atoms with Crippen molar-refractivity contribution in [2.75, 3.05) is 7.11 Å². The van der Waals surface area contributed by atoms with Gasteiger partial charge in [-0.3, -0.25) is 0 Å². The van der Waals surface area contributed by atoms with Gasteiger partial charge >= 0.3 is 0 Å². The zero-order valence-corrected chi connectivity index (χ0v) is 11.0. The van der Waals surface area contributed by atoms with Crippen LogP contribution in [0.1, 0.15) is 23.1 Å². The molecule has 0 aliphatic carbocycles. The van der Waals surface area contributed by atoms with Gasteiger partial charge in [0.25, 0.3) is 0 Å². The van der Waals surface area contributed by atoms with Crippen molar-refractivity contribution in [3.05, 3.63) is 78.4 Å². The molecule has 0 saturated carbocycles. The number of hydrogen-bond donors (Lipinski definition) is 1. The first kappa shape index (κ1) is 13.4. The molecule has 1 N–H and O–H groups in total. The summed E-state index contributed by atoms with van der Waals surface area (Å²) in [6, 6.07) is 17.3. The quantitative estimate of drug-likeness (QED) is 0.824. The van der Waals surface area contributed by atoms with Crippen LogP contribution in [0.3, 0.4) is 0 Å². The van der Waals surface area contributed by atoms with E-state index in [4.69, 9.17) is 4.74 Å². The third-order valence-electron chi connectivity index (χ3n) is 3.24. The summed E-state index contributed by atoms with van der Waals surface area (Å²) < 4.78 is 5.12. The van der Waals surface area contributed by atoms with Gasteiger partial charge in [0, 0.05) is 5.92 Å². The Kier molecular flexibility index (Phi) is 4.37. The number of aliphatic hydroxyl groups is 1. The fourth-order valence-electron chi connectivity index (χ4n) is 2.13. The molecule has 0 aromatic heterocycles. The molecule has 0 saturated heterocycles. The van der Waals surface area contributed by atoms with Crippen LogP contribution in [0.5, 0.6) is 5.75 Å². The second kappa shape index (κ2) is 6.21. The average Bonchev–Trinajstić information content (AvgIpc) is 2.49. The molecule has 98 valence electrons. The molecular weight excluding hydrogens is 236 g/mol. The summed E-state index contributed by atoms with van der Waals surface area (Å²) in [5, 5.41) is 10.5. The molecule has 19 heavy (non-hydrogen) atoms. The van der Waals surface area contributed by atoms with Gasteiger partial charge in [-0.15, -0.1) is 6.58 Å². The SMILES string of the molecule is C=C[C@@H](c1ccccc1)[C@@H](O)c1ccc(OC)cc1. The van der Waals surface area contributed by atoms with Crippen LogP contribution in [0.2, 0.25) is 0 Å². The lowest BCUT2D eigenvalue weighted by atomic mass is 9.89. The summed E-state index contributed by atoms with van der Waals surface area (Å²) in [5.41, 5.74) is 1.91. The van der Waals surface area contributed by atoms with Gasteiger partial charge in [0.2, 0.25) is 0 Å². The summed E-state index contributed by atoms with van der Waals surface area (Å²) >= 11 is 0. The van der Waals surface area contributed by atoms with Crippen molar-refractivity contribution >= 4 is 0 Å². The van der Waals surface area contributed by atoms with Crippen LogP contribution in [-0.2, 0) is 0 Å². The molecule has 2 atom stereocenters. The van der Waals surface area contributed by atoms with E-state index < -0.39 is 6.10 Å². The van der Waals surface area contributed by atoms with Crippen molar-refractivity contribution in [2.24, 2.45) is 0 Å². The normalized spacial score (nSPS) is 13.6. The van der Waals surface area contributed by atoms with Crippen LogP contribution in [0, 0.1) is 0 Å². The van der Waals surface area contributed by atoms with Gasteiger partial charge in [-0.25, -0.2) is 0 Å². The Balaban J connectivity index is 2.25. The minimum absolute atomic E-state index is 0.116. The molecule has 0 radical (unpaired) electrons. The Morgan fingerprint density at radius 1 is 1.00 bits per heavy atom. The lowest BCUT2D eigenvalue weighted by Gasteiger charge is -2.20. The van der Waals surface area contributed by atoms with Crippen molar-refractivity contribution in [3.8, 4) is 5.75 Å². The fraction of sp³-hybridized carbons (Fsp3) is 0.176. The maximum Gasteiger partial charge on any atom is 0.118 e. The van der Waals surface area contributed by atoms with E-state index in [-0.39, 0.29) is 5.92 Å². The van der Waals surface area contributed by atoms with E-state index in [2.05, 4.69) is 6.58 Å². The van der Waals surface area contributed by atoms with E-state index in [0.717, 1.165) is 16.9 Å². The Morgan fingerprint density at radius 3 is 2.16 bits per heavy atom. The second-order valence-corrected chi connectivity index (χ2v) is 4.39. The Bertz CT molecular complexity index is 517. The molecule has 0 unspecified atom stereocenters. The van der Waals surface area contributed by atoms with Crippen molar-refractivity contribution in [1.29, 1.82) is 0 Å². The number of rotatable bonds is 5. The number of aliphatic hydroxyl groups excluding tert-OH is 1. The summed E-state index contributed by atoms with van der Waals surface area (Å²) in [5.74, 6) is 0.667. The molecule has 2 aromatic rings. The summed E-state index contributed by atoms with van der Waals surface area (Å²) in [6.07, 6.45) is 1.18. The van der Waals surface area contributed by atoms with E-state index in [1.54, 1.807) is 13.2 Å². The molecular formula is C17H18O2. The molecule has 2 heteroatoms. The van der Waals surface area contributed by atoms with Crippen LogP contribution in [-0.4, -0.2) is 12.2 Å². The predicted molar refractivity (Wildman–Crippen MR) is 77.3 cm³/mol. The zero-order valence-electron chi connectivity index (χ0n) is 11.0. The minimum Gasteiger partial charge on any atom is -0.497 e. The van der Waals surface area contributed by atoms with Crippen LogP contribution in [0.15, 0.2) is 67.3 Å². The van der Waals surface area contributed by atoms with Crippen molar-refractivity contribution in [3.63, 3.8) is 0 Å². The number of hydrogen-bond acceptors (Lipinski definition) is 2. The molecule has 2 aromatic carbocycles. The van der Waals surface area contributed by atoms with Crippen LogP contribution >= 0.6 is 0 Å². The van der Waals surface area contributed by atoms with Crippen LogP contribution in [0.25, 0.3) is 0 Å². The Hall–Kier alpha value is -2.06. The Morgan fingerprint density at radius 2 is 1.63 bits per heavy atom. The highest BCUT2D eigenvalue weighted by Gasteiger charge is 2.19. The van der Waals surface area contributed by atoms with Gasteiger partial charge in [0.1, 0.15) is 5.75 Å². The van der Waals surface area contributed by atoms with Crippen molar-refractivity contribution in [1.82, 2.24) is 0 Å². The van der Waals surface area contributed by atoms with Gasteiger partial charge < -0.3 is 9.84 Å². The molecule has 0 aliphatic rings.